The smallest absolute Gasteiger partial charge is 0.222 e. The van der Waals surface area contributed by atoms with Crippen molar-refractivity contribution in [1.82, 2.24) is 19.8 Å². The number of hydrogen-bond acceptors (Lipinski definition) is 5. The molecular weight excluding hydrogens is 338 g/mol. The molecule has 3 aliphatic rings. The van der Waals surface area contributed by atoms with Crippen LogP contribution in [0.1, 0.15) is 57.4 Å². The van der Waals surface area contributed by atoms with E-state index in [4.69, 9.17) is 0 Å². The molecular formula is C21H33N5O. The number of nitrogens with zero attached hydrogens (tertiary/aromatic N) is 4. The van der Waals surface area contributed by atoms with Crippen LogP contribution in [0.25, 0.3) is 0 Å². The SMILES string of the molecule is CCCNc1ncc(CN2CCC[C@@]3(CCC(=O)N(CC4CC4)C3)C2)cn1. The van der Waals surface area contributed by atoms with Gasteiger partial charge in [-0.05, 0) is 51.0 Å². The van der Waals surface area contributed by atoms with Crippen molar-refractivity contribution in [2.45, 2.75) is 58.4 Å². The van der Waals surface area contributed by atoms with Crippen LogP contribution in [-0.4, -0.2) is 58.4 Å². The summed E-state index contributed by atoms with van der Waals surface area (Å²) in [6.07, 6.45) is 11.9. The Bertz CT molecular complexity index is 644. The zero-order chi connectivity index (χ0) is 18.7. The summed E-state index contributed by atoms with van der Waals surface area (Å²) in [5, 5.41) is 3.23. The molecule has 1 amide bonds. The van der Waals surface area contributed by atoms with Gasteiger partial charge in [0.2, 0.25) is 11.9 Å². The number of carbonyl (C=O) groups excluding carboxylic acids is 1. The number of carbonyl (C=O) groups is 1. The van der Waals surface area contributed by atoms with E-state index in [1.54, 1.807) is 0 Å². The third kappa shape index (κ3) is 4.78. The zero-order valence-electron chi connectivity index (χ0n) is 16.6. The van der Waals surface area contributed by atoms with Crippen molar-refractivity contribution in [3.63, 3.8) is 0 Å². The van der Waals surface area contributed by atoms with Gasteiger partial charge in [-0.2, -0.15) is 0 Å². The summed E-state index contributed by atoms with van der Waals surface area (Å²) in [5.74, 6) is 1.88. The minimum Gasteiger partial charge on any atom is -0.354 e. The van der Waals surface area contributed by atoms with Crippen LogP contribution in [0.15, 0.2) is 12.4 Å². The van der Waals surface area contributed by atoms with E-state index in [9.17, 15) is 4.79 Å². The molecule has 1 aromatic heterocycles. The van der Waals surface area contributed by atoms with Crippen LogP contribution in [-0.2, 0) is 11.3 Å². The van der Waals surface area contributed by atoms with E-state index in [2.05, 4.69) is 32.0 Å². The van der Waals surface area contributed by atoms with Gasteiger partial charge in [0.25, 0.3) is 0 Å². The summed E-state index contributed by atoms with van der Waals surface area (Å²) in [7, 11) is 0. The van der Waals surface area contributed by atoms with E-state index in [0.29, 0.717) is 11.3 Å². The molecule has 148 valence electrons. The maximum absolute atomic E-state index is 12.4. The predicted molar refractivity (Wildman–Crippen MR) is 106 cm³/mol. The number of hydrogen-bond donors (Lipinski definition) is 1. The third-order valence-corrected chi connectivity index (χ3v) is 6.31. The van der Waals surface area contributed by atoms with Crippen LogP contribution in [0, 0.1) is 11.3 Å². The summed E-state index contributed by atoms with van der Waals surface area (Å²) < 4.78 is 0. The second kappa shape index (κ2) is 8.13. The van der Waals surface area contributed by atoms with Gasteiger partial charge in [0, 0.05) is 62.5 Å². The first-order valence-corrected chi connectivity index (χ1v) is 10.7. The number of piperidine rings is 2. The van der Waals surface area contributed by atoms with E-state index in [0.717, 1.165) is 70.4 Å². The van der Waals surface area contributed by atoms with E-state index >= 15 is 0 Å². The second-order valence-corrected chi connectivity index (χ2v) is 8.87. The summed E-state index contributed by atoms with van der Waals surface area (Å²) >= 11 is 0. The topological polar surface area (TPSA) is 61.4 Å². The van der Waals surface area contributed by atoms with Gasteiger partial charge in [-0.3, -0.25) is 9.69 Å². The first-order chi connectivity index (χ1) is 13.2. The number of anilines is 1. The Morgan fingerprint density at radius 1 is 1.22 bits per heavy atom. The first-order valence-electron chi connectivity index (χ1n) is 10.7. The van der Waals surface area contributed by atoms with Gasteiger partial charge in [0.05, 0.1) is 0 Å². The van der Waals surface area contributed by atoms with Gasteiger partial charge in [-0.15, -0.1) is 0 Å². The van der Waals surface area contributed by atoms with Gasteiger partial charge in [0.15, 0.2) is 0 Å². The first kappa shape index (κ1) is 18.7. The molecule has 6 heteroatoms. The van der Waals surface area contributed by atoms with Crippen LogP contribution in [0.5, 0.6) is 0 Å². The molecule has 1 aromatic rings. The Morgan fingerprint density at radius 3 is 2.78 bits per heavy atom. The van der Waals surface area contributed by atoms with Gasteiger partial charge >= 0.3 is 0 Å². The highest BCUT2D eigenvalue weighted by molar-refractivity contribution is 5.77. The van der Waals surface area contributed by atoms with E-state index in [-0.39, 0.29) is 0 Å². The van der Waals surface area contributed by atoms with Crippen LogP contribution in [0.3, 0.4) is 0 Å². The van der Waals surface area contributed by atoms with Crippen molar-refractivity contribution in [2.75, 3.05) is 38.0 Å². The van der Waals surface area contributed by atoms with Crippen molar-refractivity contribution in [3.8, 4) is 0 Å². The fourth-order valence-electron chi connectivity index (χ4n) is 4.68. The molecule has 1 aliphatic carbocycles. The summed E-state index contributed by atoms with van der Waals surface area (Å²) in [5.41, 5.74) is 1.47. The fraction of sp³-hybridized carbons (Fsp3) is 0.762. The predicted octanol–water partition coefficient (Wildman–Crippen LogP) is 2.91. The van der Waals surface area contributed by atoms with E-state index in [1.165, 1.54) is 31.2 Å². The van der Waals surface area contributed by atoms with Crippen molar-refractivity contribution in [2.24, 2.45) is 11.3 Å². The van der Waals surface area contributed by atoms with Gasteiger partial charge in [0.1, 0.15) is 0 Å². The highest BCUT2D eigenvalue weighted by Gasteiger charge is 2.42. The van der Waals surface area contributed by atoms with Crippen molar-refractivity contribution >= 4 is 11.9 Å². The lowest BCUT2D eigenvalue weighted by Gasteiger charge is -2.48. The Balaban J connectivity index is 1.35. The number of likely N-dealkylation sites (tertiary alicyclic amines) is 2. The Morgan fingerprint density at radius 2 is 2.04 bits per heavy atom. The minimum absolute atomic E-state index is 0.296. The molecule has 4 rings (SSSR count). The second-order valence-electron chi connectivity index (χ2n) is 8.87. The number of amides is 1. The molecule has 1 saturated carbocycles. The quantitative estimate of drug-likeness (QED) is 0.798. The number of aromatic nitrogens is 2. The number of nitrogens with one attached hydrogen (secondary N) is 1. The van der Waals surface area contributed by atoms with Gasteiger partial charge in [-0.1, -0.05) is 6.92 Å². The van der Waals surface area contributed by atoms with Crippen LogP contribution >= 0.6 is 0 Å². The lowest BCUT2D eigenvalue weighted by molar-refractivity contribution is -0.139. The van der Waals surface area contributed by atoms with Gasteiger partial charge in [-0.25, -0.2) is 9.97 Å². The molecule has 0 bridgehead atoms. The maximum Gasteiger partial charge on any atom is 0.222 e. The standard InChI is InChI=1S/C21H33N5O/c1-2-9-22-20-23-11-18(12-24-20)13-25-10-3-7-21(15-25)8-6-19(27)26(16-21)14-17-4-5-17/h11-12,17H,2-10,13-16H2,1H3,(H,22,23,24)/t21-/m1/s1. The van der Waals surface area contributed by atoms with Gasteiger partial charge < -0.3 is 10.2 Å². The number of rotatable bonds is 7. The molecule has 3 heterocycles. The summed E-state index contributed by atoms with van der Waals surface area (Å²) in [4.78, 5) is 26.0. The molecule has 1 spiro atoms. The van der Waals surface area contributed by atoms with Crippen LogP contribution in [0.4, 0.5) is 5.95 Å². The largest absolute Gasteiger partial charge is 0.354 e. The molecule has 0 unspecified atom stereocenters. The lowest BCUT2D eigenvalue weighted by Crippen LogP contribution is -2.54. The van der Waals surface area contributed by atoms with Crippen LogP contribution < -0.4 is 5.32 Å². The Labute approximate surface area is 162 Å². The lowest BCUT2D eigenvalue weighted by atomic mass is 9.73. The molecule has 1 N–H and O–H groups in total. The summed E-state index contributed by atoms with van der Waals surface area (Å²) in [6.45, 7) is 8.15. The van der Waals surface area contributed by atoms with Crippen molar-refractivity contribution in [3.05, 3.63) is 18.0 Å². The van der Waals surface area contributed by atoms with Crippen LogP contribution in [0.2, 0.25) is 0 Å². The normalized spacial score (nSPS) is 26.6. The Kier molecular flexibility index (Phi) is 5.62. The molecule has 2 aliphatic heterocycles. The van der Waals surface area contributed by atoms with E-state index < -0.39 is 0 Å². The molecule has 0 radical (unpaired) electrons. The van der Waals surface area contributed by atoms with Crippen molar-refractivity contribution < 1.29 is 4.79 Å². The highest BCUT2D eigenvalue weighted by Crippen LogP contribution is 2.40. The zero-order valence-corrected chi connectivity index (χ0v) is 16.6. The maximum atomic E-state index is 12.4. The molecule has 1 atom stereocenters. The molecule has 6 nitrogen and oxygen atoms in total. The summed E-state index contributed by atoms with van der Waals surface area (Å²) in [6, 6.07) is 0. The highest BCUT2D eigenvalue weighted by atomic mass is 16.2. The van der Waals surface area contributed by atoms with Crippen molar-refractivity contribution in [1.29, 1.82) is 0 Å². The monoisotopic (exact) mass is 371 g/mol. The third-order valence-electron chi connectivity index (χ3n) is 6.31. The molecule has 3 fully saturated rings. The molecule has 2 saturated heterocycles. The molecule has 27 heavy (non-hydrogen) atoms. The van der Waals surface area contributed by atoms with E-state index in [1.807, 2.05) is 12.4 Å². The fourth-order valence-corrected chi connectivity index (χ4v) is 4.68. The Hall–Kier alpha value is -1.69. The average Bonchev–Trinajstić information content (AvgIpc) is 3.49. The average molecular weight is 372 g/mol. The minimum atomic E-state index is 0.296. The molecule has 0 aromatic carbocycles.